The normalized spacial score (nSPS) is 11.9. The summed E-state index contributed by atoms with van der Waals surface area (Å²) in [5, 5.41) is 12.0. The van der Waals surface area contributed by atoms with Gasteiger partial charge < -0.3 is 10.4 Å². The van der Waals surface area contributed by atoms with Crippen molar-refractivity contribution in [1.29, 1.82) is 0 Å². The molecule has 1 aromatic carbocycles. The Labute approximate surface area is 111 Å². The van der Waals surface area contributed by atoms with Crippen LogP contribution in [0.25, 0.3) is 0 Å². The third-order valence-electron chi connectivity index (χ3n) is 2.78. The number of carboxylic acid groups (broad SMARTS) is 1. The molecule has 1 unspecified atom stereocenters. The van der Waals surface area contributed by atoms with Crippen LogP contribution in [-0.4, -0.2) is 23.5 Å². The van der Waals surface area contributed by atoms with Crippen molar-refractivity contribution in [2.24, 2.45) is 0 Å². The van der Waals surface area contributed by atoms with E-state index in [2.05, 4.69) is 5.32 Å². The lowest BCUT2D eigenvalue weighted by atomic mass is 9.98. The standard InChI is InChI=1S/C13H16ClNO3/c1-9-6-11(14)3-2-10(9)7-12(15-8-16)4-5-13(17)18/h2-3,6,8,12H,4-5,7H2,1H3,(H,15,16)(H,17,18). The Bertz CT molecular complexity index is 434. The molecule has 0 aliphatic carbocycles. The van der Waals surface area contributed by atoms with Gasteiger partial charge in [-0.05, 0) is 43.0 Å². The van der Waals surface area contributed by atoms with Gasteiger partial charge in [0.25, 0.3) is 0 Å². The van der Waals surface area contributed by atoms with Crippen LogP contribution < -0.4 is 5.32 Å². The maximum absolute atomic E-state index is 10.5. The van der Waals surface area contributed by atoms with E-state index in [1.165, 1.54) is 0 Å². The summed E-state index contributed by atoms with van der Waals surface area (Å²) in [5.41, 5.74) is 2.10. The maximum Gasteiger partial charge on any atom is 0.303 e. The average molecular weight is 270 g/mol. The van der Waals surface area contributed by atoms with Crippen molar-refractivity contribution in [2.75, 3.05) is 0 Å². The van der Waals surface area contributed by atoms with Gasteiger partial charge in [0.2, 0.25) is 6.41 Å². The molecule has 0 saturated heterocycles. The van der Waals surface area contributed by atoms with E-state index in [0.29, 0.717) is 24.3 Å². The van der Waals surface area contributed by atoms with E-state index in [4.69, 9.17) is 16.7 Å². The molecule has 1 atom stereocenters. The van der Waals surface area contributed by atoms with Crippen LogP contribution >= 0.6 is 11.6 Å². The van der Waals surface area contributed by atoms with Crippen LogP contribution in [-0.2, 0) is 16.0 Å². The third kappa shape index (κ3) is 4.75. The van der Waals surface area contributed by atoms with Crippen molar-refractivity contribution in [1.82, 2.24) is 5.32 Å². The zero-order chi connectivity index (χ0) is 13.5. The molecule has 2 N–H and O–H groups in total. The summed E-state index contributed by atoms with van der Waals surface area (Å²) in [4.78, 5) is 21.0. The van der Waals surface area contributed by atoms with Crippen molar-refractivity contribution in [3.8, 4) is 0 Å². The van der Waals surface area contributed by atoms with E-state index < -0.39 is 5.97 Å². The molecule has 0 aromatic heterocycles. The van der Waals surface area contributed by atoms with Gasteiger partial charge in [-0.2, -0.15) is 0 Å². The van der Waals surface area contributed by atoms with Gasteiger partial charge in [0.1, 0.15) is 0 Å². The Morgan fingerprint density at radius 2 is 2.28 bits per heavy atom. The molecule has 98 valence electrons. The molecule has 1 rings (SSSR count). The van der Waals surface area contributed by atoms with Crippen molar-refractivity contribution < 1.29 is 14.7 Å². The molecule has 0 bridgehead atoms. The molecule has 0 spiro atoms. The fourth-order valence-corrected chi connectivity index (χ4v) is 2.02. The van der Waals surface area contributed by atoms with E-state index in [-0.39, 0.29) is 12.5 Å². The Balaban J connectivity index is 2.69. The summed E-state index contributed by atoms with van der Waals surface area (Å²) >= 11 is 5.87. The lowest BCUT2D eigenvalue weighted by Crippen LogP contribution is -2.30. The van der Waals surface area contributed by atoms with E-state index in [1.807, 2.05) is 19.1 Å². The molecule has 0 aliphatic rings. The third-order valence-corrected chi connectivity index (χ3v) is 3.02. The molecule has 5 heteroatoms. The molecule has 1 amide bonds. The predicted octanol–water partition coefficient (Wildman–Crippen LogP) is 2.17. The first-order valence-corrected chi connectivity index (χ1v) is 6.07. The second kappa shape index (κ2) is 7.01. The zero-order valence-corrected chi connectivity index (χ0v) is 10.9. The quantitative estimate of drug-likeness (QED) is 0.746. The number of aliphatic carboxylic acids is 1. The number of carbonyl (C=O) groups excluding carboxylic acids is 1. The number of aryl methyl sites for hydroxylation is 1. The number of carboxylic acids is 1. The summed E-state index contributed by atoms with van der Waals surface area (Å²) in [6.45, 7) is 1.94. The second-order valence-electron chi connectivity index (χ2n) is 4.19. The van der Waals surface area contributed by atoms with E-state index >= 15 is 0 Å². The SMILES string of the molecule is Cc1cc(Cl)ccc1CC(CCC(=O)O)NC=O. The van der Waals surface area contributed by atoms with Gasteiger partial charge in [-0.3, -0.25) is 9.59 Å². The van der Waals surface area contributed by atoms with Gasteiger partial charge in [0.05, 0.1) is 0 Å². The summed E-state index contributed by atoms with van der Waals surface area (Å²) < 4.78 is 0. The molecule has 0 aliphatic heterocycles. The fourth-order valence-electron chi connectivity index (χ4n) is 1.79. The van der Waals surface area contributed by atoms with Crippen LogP contribution in [0.5, 0.6) is 0 Å². The van der Waals surface area contributed by atoms with Crippen LogP contribution in [0, 0.1) is 6.92 Å². The Morgan fingerprint density at radius 1 is 1.56 bits per heavy atom. The highest BCUT2D eigenvalue weighted by Gasteiger charge is 2.12. The number of halogens is 1. The van der Waals surface area contributed by atoms with Crippen LogP contribution in [0.2, 0.25) is 5.02 Å². The highest BCUT2D eigenvalue weighted by Crippen LogP contribution is 2.17. The number of carbonyl (C=O) groups is 2. The highest BCUT2D eigenvalue weighted by atomic mass is 35.5. The maximum atomic E-state index is 10.5. The monoisotopic (exact) mass is 269 g/mol. The van der Waals surface area contributed by atoms with Crippen molar-refractivity contribution in [2.45, 2.75) is 32.2 Å². The highest BCUT2D eigenvalue weighted by molar-refractivity contribution is 6.30. The molecule has 18 heavy (non-hydrogen) atoms. The number of amides is 1. The molecule has 0 heterocycles. The first-order chi connectivity index (χ1) is 8.52. The first kappa shape index (κ1) is 14.5. The smallest absolute Gasteiger partial charge is 0.303 e. The summed E-state index contributed by atoms with van der Waals surface area (Å²) in [6, 6.07) is 5.38. The van der Waals surface area contributed by atoms with E-state index in [1.54, 1.807) is 6.07 Å². The lowest BCUT2D eigenvalue weighted by Gasteiger charge is -2.16. The summed E-state index contributed by atoms with van der Waals surface area (Å²) in [5.74, 6) is -0.861. The minimum absolute atomic E-state index is 0.0398. The minimum Gasteiger partial charge on any atom is -0.481 e. The van der Waals surface area contributed by atoms with Gasteiger partial charge in [-0.15, -0.1) is 0 Å². The van der Waals surface area contributed by atoms with Gasteiger partial charge in [-0.25, -0.2) is 0 Å². The van der Waals surface area contributed by atoms with Crippen LogP contribution in [0.1, 0.15) is 24.0 Å². The topological polar surface area (TPSA) is 66.4 Å². The molecule has 0 saturated carbocycles. The van der Waals surface area contributed by atoms with Gasteiger partial charge >= 0.3 is 5.97 Å². The number of nitrogens with one attached hydrogen (secondary N) is 1. The zero-order valence-electron chi connectivity index (χ0n) is 10.1. The van der Waals surface area contributed by atoms with Crippen LogP contribution in [0.4, 0.5) is 0 Å². The molecule has 0 fully saturated rings. The Kier molecular flexibility index (Phi) is 5.65. The first-order valence-electron chi connectivity index (χ1n) is 5.69. The average Bonchev–Trinajstić information content (AvgIpc) is 2.29. The fraction of sp³-hybridized carbons (Fsp3) is 0.385. The predicted molar refractivity (Wildman–Crippen MR) is 69.8 cm³/mol. The molecular formula is C13H16ClNO3. The summed E-state index contributed by atoms with van der Waals surface area (Å²) in [6.07, 6.45) is 1.67. The molecule has 0 radical (unpaired) electrons. The number of benzene rings is 1. The number of hydrogen-bond donors (Lipinski definition) is 2. The van der Waals surface area contributed by atoms with Gasteiger partial charge in [0, 0.05) is 17.5 Å². The largest absolute Gasteiger partial charge is 0.481 e. The molecule has 1 aromatic rings. The van der Waals surface area contributed by atoms with E-state index in [0.717, 1.165) is 11.1 Å². The molecule has 4 nitrogen and oxygen atoms in total. The van der Waals surface area contributed by atoms with Crippen molar-refractivity contribution in [3.63, 3.8) is 0 Å². The summed E-state index contributed by atoms with van der Waals surface area (Å²) in [7, 11) is 0. The van der Waals surface area contributed by atoms with Crippen molar-refractivity contribution >= 4 is 24.0 Å². The number of rotatable bonds is 7. The minimum atomic E-state index is -0.861. The second-order valence-corrected chi connectivity index (χ2v) is 4.63. The molecular weight excluding hydrogens is 254 g/mol. The Hall–Kier alpha value is -1.55. The van der Waals surface area contributed by atoms with Crippen LogP contribution in [0.3, 0.4) is 0 Å². The lowest BCUT2D eigenvalue weighted by molar-refractivity contribution is -0.137. The van der Waals surface area contributed by atoms with Crippen molar-refractivity contribution in [3.05, 3.63) is 34.3 Å². The number of hydrogen-bond acceptors (Lipinski definition) is 2. The van der Waals surface area contributed by atoms with Gasteiger partial charge in [-0.1, -0.05) is 17.7 Å². The van der Waals surface area contributed by atoms with E-state index in [9.17, 15) is 9.59 Å². The Morgan fingerprint density at radius 3 is 2.83 bits per heavy atom. The van der Waals surface area contributed by atoms with Crippen LogP contribution in [0.15, 0.2) is 18.2 Å². The van der Waals surface area contributed by atoms with Gasteiger partial charge in [0.15, 0.2) is 0 Å².